The number of halogens is 1. The summed E-state index contributed by atoms with van der Waals surface area (Å²) in [5.41, 5.74) is 2.64. The van der Waals surface area contributed by atoms with Crippen LogP contribution in [0.1, 0.15) is 54.4 Å². The smallest absolute Gasteiger partial charge is 0.252 e. The molecular weight excluding hydrogens is 455 g/mol. The van der Waals surface area contributed by atoms with Crippen molar-refractivity contribution in [1.82, 2.24) is 20.5 Å². The maximum atomic E-state index is 15.0. The minimum Gasteiger partial charge on any atom is -0.354 e. The summed E-state index contributed by atoms with van der Waals surface area (Å²) in [6, 6.07) is 14.1. The molecule has 0 atom stereocenters. The van der Waals surface area contributed by atoms with Crippen LogP contribution < -0.4 is 10.6 Å². The van der Waals surface area contributed by atoms with Crippen LogP contribution in [0.25, 0.3) is 22.2 Å². The van der Waals surface area contributed by atoms with Gasteiger partial charge in [-0.05, 0) is 30.5 Å². The van der Waals surface area contributed by atoms with Gasteiger partial charge in [0.1, 0.15) is 5.82 Å². The van der Waals surface area contributed by atoms with Crippen molar-refractivity contribution in [3.63, 3.8) is 0 Å². The number of para-hydroxylation sites is 1. The second kappa shape index (κ2) is 11.2. The maximum absolute atomic E-state index is 15.0. The molecule has 6 nitrogen and oxygen atoms in total. The molecule has 2 aromatic carbocycles. The van der Waals surface area contributed by atoms with Crippen molar-refractivity contribution >= 4 is 22.7 Å². The van der Waals surface area contributed by atoms with Crippen LogP contribution in [0.2, 0.25) is 0 Å². The summed E-state index contributed by atoms with van der Waals surface area (Å²) in [6.07, 6.45) is 7.28. The highest BCUT2D eigenvalue weighted by atomic mass is 19.1. The van der Waals surface area contributed by atoms with Gasteiger partial charge in [-0.15, -0.1) is 0 Å². The van der Waals surface area contributed by atoms with E-state index in [-0.39, 0.29) is 24.2 Å². The van der Waals surface area contributed by atoms with Gasteiger partial charge >= 0.3 is 0 Å². The lowest BCUT2D eigenvalue weighted by Gasteiger charge is -2.28. The Bertz CT molecular complexity index is 1260. The number of hydrogen-bond acceptors (Lipinski definition) is 4. The van der Waals surface area contributed by atoms with E-state index >= 15 is 4.39 Å². The second-order valence-corrected chi connectivity index (χ2v) is 9.92. The number of nitrogens with zero attached hydrogens (tertiary/aromatic N) is 2. The Balaban J connectivity index is 1.55. The molecule has 5 rings (SSSR count). The number of aromatic nitrogens is 1. The molecule has 188 valence electrons. The first-order valence-electron chi connectivity index (χ1n) is 13.0. The minimum absolute atomic E-state index is 0.0547. The monoisotopic (exact) mass is 488 g/mol. The van der Waals surface area contributed by atoms with Crippen LogP contribution in [0.5, 0.6) is 0 Å². The molecule has 2 amide bonds. The summed E-state index contributed by atoms with van der Waals surface area (Å²) in [5, 5.41) is 6.74. The normalized spacial score (nSPS) is 17.2. The Kier molecular flexibility index (Phi) is 7.56. The van der Waals surface area contributed by atoms with E-state index in [1.165, 1.54) is 38.2 Å². The average Bonchev–Trinajstić information content (AvgIpc) is 2.89. The van der Waals surface area contributed by atoms with Crippen LogP contribution in [0.3, 0.4) is 0 Å². The zero-order valence-corrected chi connectivity index (χ0v) is 20.6. The summed E-state index contributed by atoms with van der Waals surface area (Å²) >= 11 is 0. The topological polar surface area (TPSA) is 74.3 Å². The van der Waals surface area contributed by atoms with Crippen molar-refractivity contribution in [2.75, 3.05) is 26.2 Å². The van der Waals surface area contributed by atoms with Gasteiger partial charge in [-0.2, -0.15) is 0 Å². The van der Waals surface area contributed by atoms with Gasteiger partial charge in [0, 0.05) is 42.7 Å². The number of fused-ring (bicyclic) bond motifs is 1. The molecule has 1 aliphatic heterocycles. The van der Waals surface area contributed by atoms with E-state index in [4.69, 9.17) is 4.98 Å². The number of rotatable bonds is 7. The van der Waals surface area contributed by atoms with E-state index in [2.05, 4.69) is 10.6 Å². The highest BCUT2D eigenvalue weighted by Gasteiger charge is 2.26. The molecule has 2 aliphatic rings. The third kappa shape index (κ3) is 5.41. The SMILES string of the molecule is O=C1CN(Cc2c(-c3ccccc3F)nc3ccccc3c2C(=O)NCCC2CCCCC2)CCN1. The van der Waals surface area contributed by atoms with E-state index in [1.807, 2.05) is 29.2 Å². The Morgan fingerprint density at radius 3 is 2.67 bits per heavy atom. The van der Waals surface area contributed by atoms with E-state index in [0.717, 1.165) is 11.8 Å². The summed E-state index contributed by atoms with van der Waals surface area (Å²) in [6.45, 7) is 2.36. The summed E-state index contributed by atoms with van der Waals surface area (Å²) in [7, 11) is 0. The molecule has 0 bridgehead atoms. The number of carbonyl (C=O) groups excluding carboxylic acids is 2. The van der Waals surface area contributed by atoms with Gasteiger partial charge < -0.3 is 10.6 Å². The highest BCUT2D eigenvalue weighted by molar-refractivity contribution is 6.09. The molecule has 3 aromatic rings. The third-order valence-electron chi connectivity index (χ3n) is 7.41. The fraction of sp³-hybridized carbons (Fsp3) is 0.414. The highest BCUT2D eigenvalue weighted by Crippen LogP contribution is 2.33. The van der Waals surface area contributed by atoms with Crippen LogP contribution >= 0.6 is 0 Å². The van der Waals surface area contributed by atoms with Crippen molar-refractivity contribution in [3.8, 4) is 11.3 Å². The Morgan fingerprint density at radius 2 is 1.86 bits per heavy atom. The van der Waals surface area contributed by atoms with Gasteiger partial charge in [0.25, 0.3) is 5.91 Å². The molecule has 1 aromatic heterocycles. The molecule has 0 unspecified atom stereocenters. The Hall–Kier alpha value is -3.32. The van der Waals surface area contributed by atoms with Gasteiger partial charge in [-0.25, -0.2) is 9.37 Å². The molecule has 7 heteroatoms. The van der Waals surface area contributed by atoms with Crippen molar-refractivity contribution in [2.45, 2.75) is 45.1 Å². The van der Waals surface area contributed by atoms with Crippen molar-refractivity contribution < 1.29 is 14.0 Å². The molecule has 0 spiro atoms. The first-order chi connectivity index (χ1) is 17.6. The van der Waals surface area contributed by atoms with Crippen molar-refractivity contribution in [1.29, 1.82) is 0 Å². The van der Waals surface area contributed by atoms with Gasteiger partial charge in [-0.1, -0.05) is 62.4 Å². The van der Waals surface area contributed by atoms with E-state index in [0.29, 0.717) is 60.0 Å². The third-order valence-corrected chi connectivity index (χ3v) is 7.41. The fourth-order valence-electron chi connectivity index (χ4n) is 5.54. The number of piperazine rings is 1. The Morgan fingerprint density at radius 1 is 1.08 bits per heavy atom. The summed E-state index contributed by atoms with van der Waals surface area (Å²) < 4.78 is 15.0. The number of carbonyl (C=O) groups is 2. The standard InChI is InChI=1S/C29H33FN4O2/c30-24-12-6-4-10-21(24)28-23(18-34-17-16-31-26(35)19-34)27(22-11-5-7-13-25(22)33-28)29(36)32-15-14-20-8-2-1-3-9-20/h4-7,10-13,20H,1-3,8-9,14-19H2,(H,31,35)(H,32,36). The maximum Gasteiger partial charge on any atom is 0.252 e. The second-order valence-electron chi connectivity index (χ2n) is 9.92. The number of pyridine rings is 1. The van der Waals surface area contributed by atoms with Gasteiger partial charge in [0.15, 0.2) is 0 Å². The van der Waals surface area contributed by atoms with Gasteiger partial charge in [0.2, 0.25) is 5.91 Å². The summed E-state index contributed by atoms with van der Waals surface area (Å²) in [5.74, 6) is 0.0505. The number of nitrogens with one attached hydrogen (secondary N) is 2. The molecule has 0 radical (unpaired) electrons. The summed E-state index contributed by atoms with van der Waals surface area (Å²) in [4.78, 5) is 32.7. The lowest BCUT2D eigenvalue weighted by molar-refractivity contribution is -0.124. The number of benzene rings is 2. The molecule has 1 saturated heterocycles. The van der Waals surface area contributed by atoms with Gasteiger partial charge in [-0.3, -0.25) is 14.5 Å². The molecule has 1 aliphatic carbocycles. The van der Waals surface area contributed by atoms with Crippen LogP contribution in [0, 0.1) is 11.7 Å². The molecule has 2 heterocycles. The van der Waals surface area contributed by atoms with Crippen molar-refractivity contribution in [2.24, 2.45) is 5.92 Å². The van der Waals surface area contributed by atoms with E-state index in [9.17, 15) is 9.59 Å². The van der Waals surface area contributed by atoms with Crippen LogP contribution in [0.15, 0.2) is 48.5 Å². The van der Waals surface area contributed by atoms with E-state index in [1.54, 1.807) is 18.2 Å². The van der Waals surface area contributed by atoms with Crippen molar-refractivity contribution in [3.05, 3.63) is 65.5 Å². The predicted molar refractivity (Wildman–Crippen MR) is 139 cm³/mol. The van der Waals surface area contributed by atoms with Crippen LogP contribution in [0.4, 0.5) is 4.39 Å². The zero-order chi connectivity index (χ0) is 24.9. The van der Waals surface area contributed by atoms with E-state index < -0.39 is 0 Å². The molecule has 2 N–H and O–H groups in total. The molecular formula is C29H33FN4O2. The lowest BCUT2D eigenvalue weighted by atomic mass is 9.87. The zero-order valence-electron chi connectivity index (χ0n) is 20.6. The molecule has 2 fully saturated rings. The predicted octanol–water partition coefficient (Wildman–Crippen LogP) is 4.67. The van der Waals surface area contributed by atoms with Crippen LogP contribution in [-0.2, 0) is 11.3 Å². The van der Waals surface area contributed by atoms with Crippen LogP contribution in [-0.4, -0.2) is 47.9 Å². The average molecular weight is 489 g/mol. The quantitative estimate of drug-likeness (QED) is 0.507. The first-order valence-corrected chi connectivity index (χ1v) is 13.0. The lowest BCUT2D eigenvalue weighted by Crippen LogP contribution is -2.47. The Labute approximate surface area is 211 Å². The fourth-order valence-corrected chi connectivity index (χ4v) is 5.54. The minimum atomic E-state index is -0.387. The number of amides is 2. The number of hydrogen-bond donors (Lipinski definition) is 2. The molecule has 36 heavy (non-hydrogen) atoms. The van der Waals surface area contributed by atoms with Gasteiger partial charge in [0.05, 0.1) is 23.3 Å². The largest absolute Gasteiger partial charge is 0.354 e. The molecule has 1 saturated carbocycles. The first kappa shape index (κ1) is 24.4.